The number of aryl methyl sites for hydroxylation is 2. The van der Waals surface area contributed by atoms with Crippen LogP contribution in [0.1, 0.15) is 17.0 Å². The Balaban J connectivity index is 1.90. The molecule has 1 aromatic carbocycles. The highest BCUT2D eigenvalue weighted by Crippen LogP contribution is 2.28. The van der Waals surface area contributed by atoms with E-state index in [4.69, 9.17) is 21.1 Å². The standard InChI is InChI=1S/C17H17N7O/c1-9-12(10(2)25-23-9)8-24-13-6-4-3-5-11(13)16(22-24)17-20-14(18)7-15(19)21-17/h3-7H,8H2,1-2H3,(H4,18,19,20,21). The first kappa shape index (κ1) is 15.1. The van der Waals surface area contributed by atoms with E-state index in [2.05, 4.69) is 15.1 Å². The van der Waals surface area contributed by atoms with Crippen LogP contribution < -0.4 is 11.5 Å². The monoisotopic (exact) mass is 335 g/mol. The molecule has 126 valence electrons. The largest absolute Gasteiger partial charge is 0.384 e. The molecule has 0 spiro atoms. The third-order valence-electron chi connectivity index (χ3n) is 4.12. The second-order valence-corrected chi connectivity index (χ2v) is 5.87. The highest BCUT2D eigenvalue weighted by Gasteiger charge is 2.17. The molecule has 25 heavy (non-hydrogen) atoms. The fourth-order valence-corrected chi connectivity index (χ4v) is 2.88. The molecule has 8 nitrogen and oxygen atoms in total. The zero-order chi connectivity index (χ0) is 17.6. The summed E-state index contributed by atoms with van der Waals surface area (Å²) in [5, 5.41) is 9.65. The lowest BCUT2D eigenvalue weighted by Crippen LogP contribution is -2.04. The second-order valence-electron chi connectivity index (χ2n) is 5.87. The number of hydrogen-bond acceptors (Lipinski definition) is 7. The van der Waals surface area contributed by atoms with Crippen LogP contribution in [0.5, 0.6) is 0 Å². The maximum Gasteiger partial charge on any atom is 0.184 e. The number of nitrogens with zero attached hydrogens (tertiary/aromatic N) is 5. The van der Waals surface area contributed by atoms with Crippen LogP contribution in [0.25, 0.3) is 22.4 Å². The van der Waals surface area contributed by atoms with E-state index in [1.807, 2.05) is 42.8 Å². The fraction of sp³-hybridized carbons (Fsp3) is 0.176. The molecule has 0 saturated carbocycles. The van der Waals surface area contributed by atoms with Crippen LogP contribution in [-0.2, 0) is 6.54 Å². The molecular formula is C17H17N7O. The molecule has 0 unspecified atom stereocenters. The molecule has 4 N–H and O–H groups in total. The minimum Gasteiger partial charge on any atom is -0.384 e. The Bertz CT molecular complexity index is 1040. The minimum atomic E-state index is 0.312. The van der Waals surface area contributed by atoms with Crippen LogP contribution in [0.3, 0.4) is 0 Å². The van der Waals surface area contributed by atoms with Crippen molar-refractivity contribution in [3.8, 4) is 11.5 Å². The van der Waals surface area contributed by atoms with Gasteiger partial charge in [-0.25, -0.2) is 9.97 Å². The van der Waals surface area contributed by atoms with E-state index in [1.165, 1.54) is 6.07 Å². The van der Waals surface area contributed by atoms with Crippen molar-refractivity contribution in [2.75, 3.05) is 11.5 Å². The zero-order valence-electron chi connectivity index (χ0n) is 13.9. The lowest BCUT2D eigenvalue weighted by molar-refractivity contribution is 0.392. The highest BCUT2D eigenvalue weighted by molar-refractivity contribution is 5.92. The summed E-state index contributed by atoms with van der Waals surface area (Å²) in [4.78, 5) is 8.56. The summed E-state index contributed by atoms with van der Waals surface area (Å²) in [6.07, 6.45) is 0. The van der Waals surface area contributed by atoms with Crippen molar-refractivity contribution >= 4 is 22.5 Å². The van der Waals surface area contributed by atoms with Gasteiger partial charge in [0, 0.05) is 17.0 Å². The van der Waals surface area contributed by atoms with Crippen molar-refractivity contribution < 1.29 is 4.52 Å². The van der Waals surface area contributed by atoms with E-state index < -0.39 is 0 Å². The maximum absolute atomic E-state index is 5.81. The smallest absolute Gasteiger partial charge is 0.184 e. The van der Waals surface area contributed by atoms with E-state index >= 15 is 0 Å². The van der Waals surface area contributed by atoms with Gasteiger partial charge in [0.25, 0.3) is 0 Å². The Morgan fingerprint density at radius 3 is 2.48 bits per heavy atom. The van der Waals surface area contributed by atoms with Crippen molar-refractivity contribution in [2.24, 2.45) is 0 Å². The summed E-state index contributed by atoms with van der Waals surface area (Å²) >= 11 is 0. The van der Waals surface area contributed by atoms with E-state index in [1.54, 1.807) is 0 Å². The zero-order valence-corrected chi connectivity index (χ0v) is 13.9. The number of nitrogen functional groups attached to an aromatic ring is 2. The van der Waals surface area contributed by atoms with Gasteiger partial charge in [0.2, 0.25) is 0 Å². The molecule has 0 atom stereocenters. The van der Waals surface area contributed by atoms with Gasteiger partial charge in [0.15, 0.2) is 5.82 Å². The Morgan fingerprint density at radius 1 is 1.08 bits per heavy atom. The van der Waals surface area contributed by atoms with Crippen molar-refractivity contribution in [3.63, 3.8) is 0 Å². The summed E-state index contributed by atoms with van der Waals surface area (Å²) in [6, 6.07) is 9.41. The SMILES string of the molecule is Cc1noc(C)c1Cn1nc(-c2nc(N)cc(N)n2)c2ccccc21. The van der Waals surface area contributed by atoms with Crippen LogP contribution >= 0.6 is 0 Å². The van der Waals surface area contributed by atoms with Gasteiger partial charge >= 0.3 is 0 Å². The molecule has 3 aromatic heterocycles. The molecule has 0 bridgehead atoms. The average molecular weight is 335 g/mol. The Kier molecular flexibility index (Phi) is 3.38. The molecule has 0 fully saturated rings. The van der Waals surface area contributed by atoms with Gasteiger partial charge in [-0.3, -0.25) is 4.68 Å². The molecule has 0 saturated heterocycles. The van der Waals surface area contributed by atoms with E-state index in [0.717, 1.165) is 27.9 Å². The predicted octanol–water partition coefficient (Wildman–Crippen LogP) is 2.31. The quantitative estimate of drug-likeness (QED) is 0.589. The number of hydrogen-bond donors (Lipinski definition) is 2. The highest BCUT2D eigenvalue weighted by atomic mass is 16.5. The topological polar surface area (TPSA) is 122 Å². The van der Waals surface area contributed by atoms with Gasteiger partial charge in [-0.2, -0.15) is 5.10 Å². The summed E-state index contributed by atoms with van der Waals surface area (Å²) in [5.41, 5.74) is 15.1. The van der Waals surface area contributed by atoms with Crippen LogP contribution in [0, 0.1) is 13.8 Å². The number of fused-ring (bicyclic) bond motifs is 1. The van der Waals surface area contributed by atoms with Crippen molar-refractivity contribution in [3.05, 3.63) is 47.3 Å². The molecule has 0 amide bonds. The third-order valence-corrected chi connectivity index (χ3v) is 4.12. The predicted molar refractivity (Wildman–Crippen MR) is 94.7 cm³/mol. The van der Waals surface area contributed by atoms with Crippen molar-refractivity contribution in [1.82, 2.24) is 24.9 Å². The van der Waals surface area contributed by atoms with Crippen LogP contribution in [0.4, 0.5) is 11.6 Å². The molecule has 4 aromatic rings. The van der Waals surface area contributed by atoms with Crippen molar-refractivity contribution in [1.29, 1.82) is 0 Å². The number of benzene rings is 1. The van der Waals surface area contributed by atoms with E-state index in [-0.39, 0.29) is 0 Å². The van der Waals surface area contributed by atoms with E-state index in [9.17, 15) is 0 Å². The first-order valence-corrected chi connectivity index (χ1v) is 7.80. The molecule has 3 heterocycles. The van der Waals surface area contributed by atoms with Gasteiger partial charge in [0.05, 0.1) is 17.8 Å². The number of nitrogens with two attached hydrogens (primary N) is 2. The molecule has 8 heteroatoms. The summed E-state index contributed by atoms with van der Waals surface area (Å²) in [5.74, 6) is 1.81. The molecule has 0 aliphatic heterocycles. The lowest BCUT2D eigenvalue weighted by Gasteiger charge is -2.03. The number of rotatable bonds is 3. The Morgan fingerprint density at radius 2 is 1.80 bits per heavy atom. The summed E-state index contributed by atoms with van der Waals surface area (Å²) < 4.78 is 7.14. The summed E-state index contributed by atoms with van der Waals surface area (Å²) in [7, 11) is 0. The normalized spacial score (nSPS) is 11.3. The molecule has 0 aliphatic rings. The van der Waals surface area contributed by atoms with Crippen LogP contribution in [0.15, 0.2) is 34.9 Å². The third kappa shape index (κ3) is 2.57. The number of aromatic nitrogens is 5. The Hall–Kier alpha value is -3.42. The average Bonchev–Trinajstić information content (AvgIpc) is 3.10. The first-order chi connectivity index (χ1) is 12.0. The number of para-hydroxylation sites is 1. The minimum absolute atomic E-state index is 0.312. The molecule has 0 aliphatic carbocycles. The molecule has 4 rings (SSSR count). The van der Waals surface area contributed by atoms with Gasteiger partial charge in [-0.15, -0.1) is 0 Å². The maximum atomic E-state index is 5.81. The molecular weight excluding hydrogens is 318 g/mol. The number of anilines is 2. The van der Waals surface area contributed by atoms with Gasteiger partial charge < -0.3 is 16.0 Å². The van der Waals surface area contributed by atoms with Gasteiger partial charge in [-0.05, 0) is 19.9 Å². The fourth-order valence-electron chi connectivity index (χ4n) is 2.88. The summed E-state index contributed by atoms with van der Waals surface area (Å²) in [6.45, 7) is 4.35. The Labute approximate surface area is 143 Å². The van der Waals surface area contributed by atoms with Gasteiger partial charge in [0.1, 0.15) is 23.1 Å². The first-order valence-electron chi connectivity index (χ1n) is 7.80. The van der Waals surface area contributed by atoms with Crippen molar-refractivity contribution in [2.45, 2.75) is 20.4 Å². The lowest BCUT2D eigenvalue weighted by atomic mass is 10.2. The second kappa shape index (κ2) is 5.59. The van der Waals surface area contributed by atoms with Crippen LogP contribution in [-0.4, -0.2) is 24.9 Å². The van der Waals surface area contributed by atoms with Gasteiger partial charge in [-0.1, -0.05) is 23.4 Å². The van der Waals surface area contributed by atoms with E-state index in [0.29, 0.717) is 29.7 Å². The molecule has 0 radical (unpaired) electrons. The van der Waals surface area contributed by atoms with Crippen LogP contribution in [0.2, 0.25) is 0 Å².